The van der Waals surface area contributed by atoms with Gasteiger partial charge in [0.2, 0.25) is 0 Å². The number of allylic oxidation sites excluding steroid dienone is 1. The first-order valence-electron chi connectivity index (χ1n) is 15.7. The quantitative estimate of drug-likeness (QED) is 0.111. The number of halogens is 2. The van der Waals surface area contributed by atoms with Gasteiger partial charge in [-0.15, -0.1) is 0 Å². The van der Waals surface area contributed by atoms with E-state index in [1.807, 2.05) is 68.5 Å². The fourth-order valence-corrected chi connectivity index (χ4v) is 7.37. The molecule has 0 amide bonds. The second-order valence-electron chi connectivity index (χ2n) is 11.4. The van der Waals surface area contributed by atoms with Crippen LogP contribution in [-0.2, 0) is 20.8 Å². The van der Waals surface area contributed by atoms with Gasteiger partial charge in [0, 0.05) is 41.4 Å². The number of nitrogens with zero attached hydrogens (tertiary/aromatic N) is 3. The number of para-hydroxylation sites is 2. The molecule has 1 aliphatic heterocycles. The van der Waals surface area contributed by atoms with Crippen LogP contribution in [0.4, 0.5) is 0 Å². The van der Waals surface area contributed by atoms with Gasteiger partial charge >= 0.3 is 5.97 Å². The summed E-state index contributed by atoms with van der Waals surface area (Å²) in [7, 11) is 1.54. The van der Waals surface area contributed by atoms with Gasteiger partial charge in [0.1, 0.15) is 18.4 Å². The predicted molar refractivity (Wildman–Crippen MR) is 191 cm³/mol. The van der Waals surface area contributed by atoms with E-state index in [2.05, 4.69) is 16.7 Å². The number of carbonyl (C=O) groups is 1. The fourth-order valence-electron chi connectivity index (χ4n) is 6.02. The Bertz CT molecular complexity index is 2230. The summed E-state index contributed by atoms with van der Waals surface area (Å²) < 4.78 is 21.1. The zero-order valence-corrected chi connectivity index (χ0v) is 29.4. The molecule has 0 saturated carbocycles. The molecule has 0 saturated heterocycles. The SMILES string of the molecule is CCCOc1ccccc1[C@@H]1C(C(=O)OCCOC)=C(C)N=c2s/c(=C/c3c(C)n(Cc4ccc(Cl)c(Cl)c4)c4ccccc34)c(=O)n21. The summed E-state index contributed by atoms with van der Waals surface area (Å²) in [6, 6.07) is 20.4. The summed E-state index contributed by atoms with van der Waals surface area (Å²) in [6.07, 6.45) is 2.73. The lowest BCUT2D eigenvalue weighted by molar-refractivity contribution is -0.140. The van der Waals surface area contributed by atoms with Gasteiger partial charge < -0.3 is 18.8 Å². The van der Waals surface area contributed by atoms with Crippen LogP contribution < -0.4 is 19.6 Å². The van der Waals surface area contributed by atoms with Crippen molar-refractivity contribution in [1.82, 2.24) is 9.13 Å². The molecular weight excluding hydrogens is 669 g/mol. The molecule has 0 bridgehead atoms. The second-order valence-corrected chi connectivity index (χ2v) is 13.3. The molecule has 11 heteroatoms. The van der Waals surface area contributed by atoms with Crippen molar-refractivity contribution in [2.24, 2.45) is 4.99 Å². The molecule has 48 heavy (non-hydrogen) atoms. The van der Waals surface area contributed by atoms with Crippen LogP contribution in [0.3, 0.4) is 0 Å². The van der Waals surface area contributed by atoms with Crippen molar-refractivity contribution in [2.45, 2.75) is 39.8 Å². The van der Waals surface area contributed by atoms with Crippen molar-refractivity contribution in [3.63, 3.8) is 0 Å². The zero-order chi connectivity index (χ0) is 33.9. The first-order valence-corrected chi connectivity index (χ1v) is 17.2. The summed E-state index contributed by atoms with van der Waals surface area (Å²) in [5.74, 6) is 0.0381. The number of benzene rings is 3. The first kappa shape index (κ1) is 33.7. The molecule has 0 radical (unpaired) electrons. The number of aromatic nitrogens is 2. The fraction of sp³-hybridized carbons (Fsp3) is 0.270. The summed E-state index contributed by atoms with van der Waals surface area (Å²) in [4.78, 5) is 33.4. The molecule has 0 spiro atoms. The average molecular weight is 705 g/mol. The highest BCUT2D eigenvalue weighted by molar-refractivity contribution is 7.07. The van der Waals surface area contributed by atoms with Gasteiger partial charge in [-0.1, -0.05) is 83.9 Å². The first-order chi connectivity index (χ1) is 23.2. The van der Waals surface area contributed by atoms with E-state index in [-0.39, 0.29) is 24.3 Å². The van der Waals surface area contributed by atoms with E-state index in [0.717, 1.165) is 34.1 Å². The highest BCUT2D eigenvalue weighted by Crippen LogP contribution is 2.36. The van der Waals surface area contributed by atoms with Crippen LogP contribution in [0.1, 0.15) is 48.7 Å². The highest BCUT2D eigenvalue weighted by Gasteiger charge is 2.35. The maximum Gasteiger partial charge on any atom is 0.338 e. The Hall–Kier alpha value is -4.15. The number of ether oxygens (including phenoxy) is 3. The standard InChI is InChI=1S/C37H35Cl2N3O5S/c1-5-16-46-31-13-9-7-11-26(31)34-33(36(44)47-18-17-45-4)22(2)40-37-42(34)35(43)32(48-37)20-27-23(3)41(30-12-8-6-10-25(27)30)21-24-14-15-28(38)29(39)19-24/h6-15,19-20,34H,5,16-18,21H2,1-4H3/b32-20+/t34-/m1/s1. The molecule has 2 aromatic heterocycles. The van der Waals surface area contributed by atoms with E-state index in [9.17, 15) is 9.59 Å². The van der Waals surface area contributed by atoms with Crippen molar-refractivity contribution in [1.29, 1.82) is 0 Å². The normalized spacial score (nSPS) is 14.7. The minimum absolute atomic E-state index is 0.0722. The summed E-state index contributed by atoms with van der Waals surface area (Å²) in [6.45, 7) is 7.22. The van der Waals surface area contributed by atoms with Crippen LogP contribution in [0.5, 0.6) is 5.75 Å². The van der Waals surface area contributed by atoms with E-state index in [0.29, 0.717) is 49.5 Å². The van der Waals surface area contributed by atoms with Crippen LogP contribution in [0.15, 0.2) is 87.8 Å². The zero-order valence-electron chi connectivity index (χ0n) is 27.1. The van der Waals surface area contributed by atoms with Crippen molar-refractivity contribution in [2.75, 3.05) is 26.9 Å². The van der Waals surface area contributed by atoms with E-state index >= 15 is 0 Å². The molecule has 5 aromatic rings. The van der Waals surface area contributed by atoms with Crippen LogP contribution in [0.2, 0.25) is 10.0 Å². The molecule has 0 unspecified atom stereocenters. The number of hydrogen-bond donors (Lipinski definition) is 0. The van der Waals surface area contributed by atoms with Crippen molar-refractivity contribution >= 4 is 57.5 Å². The number of esters is 1. The lowest BCUT2D eigenvalue weighted by Crippen LogP contribution is -2.40. The van der Waals surface area contributed by atoms with Gasteiger partial charge in [0.05, 0.1) is 39.1 Å². The van der Waals surface area contributed by atoms with E-state index in [4.69, 9.17) is 42.4 Å². The van der Waals surface area contributed by atoms with Gasteiger partial charge in [0.15, 0.2) is 4.80 Å². The Kier molecular flexibility index (Phi) is 10.2. The number of carbonyl (C=O) groups excluding carboxylic acids is 1. The Morgan fingerprint density at radius 2 is 1.77 bits per heavy atom. The third kappa shape index (κ3) is 6.48. The smallest absolute Gasteiger partial charge is 0.338 e. The van der Waals surface area contributed by atoms with Crippen molar-refractivity contribution in [3.05, 3.63) is 130 Å². The lowest BCUT2D eigenvalue weighted by atomic mass is 9.95. The Labute approximate surface area is 292 Å². The lowest BCUT2D eigenvalue weighted by Gasteiger charge is -2.26. The maximum atomic E-state index is 14.5. The van der Waals surface area contributed by atoms with Gasteiger partial charge in [-0.25, -0.2) is 9.79 Å². The number of thiazole rings is 1. The summed E-state index contributed by atoms with van der Waals surface area (Å²) in [5.41, 5.74) is 5.13. The molecular formula is C37H35Cl2N3O5S. The maximum absolute atomic E-state index is 14.5. The van der Waals surface area contributed by atoms with Crippen LogP contribution >= 0.6 is 34.5 Å². The third-order valence-corrected chi connectivity index (χ3v) is 10.0. The van der Waals surface area contributed by atoms with E-state index in [1.165, 1.54) is 11.3 Å². The highest BCUT2D eigenvalue weighted by atomic mass is 35.5. The molecule has 248 valence electrons. The molecule has 0 N–H and O–H groups in total. The van der Waals surface area contributed by atoms with Crippen molar-refractivity contribution in [3.8, 4) is 5.75 Å². The molecule has 1 aliphatic rings. The summed E-state index contributed by atoms with van der Waals surface area (Å²) >= 11 is 13.8. The molecule has 3 aromatic carbocycles. The molecule has 6 rings (SSSR count). The monoisotopic (exact) mass is 703 g/mol. The Morgan fingerprint density at radius 3 is 2.54 bits per heavy atom. The molecule has 1 atom stereocenters. The Balaban J connectivity index is 1.52. The predicted octanol–water partition coefficient (Wildman–Crippen LogP) is 6.83. The van der Waals surface area contributed by atoms with Crippen molar-refractivity contribution < 1.29 is 19.0 Å². The van der Waals surface area contributed by atoms with Gasteiger partial charge in [-0.05, 0) is 56.2 Å². The average Bonchev–Trinajstić information content (AvgIpc) is 3.53. The van der Waals surface area contributed by atoms with Crippen LogP contribution in [-0.4, -0.2) is 42.0 Å². The van der Waals surface area contributed by atoms with Gasteiger partial charge in [0.25, 0.3) is 5.56 Å². The van der Waals surface area contributed by atoms with E-state index in [1.54, 1.807) is 24.7 Å². The van der Waals surface area contributed by atoms with Crippen LogP contribution in [0, 0.1) is 6.92 Å². The number of rotatable bonds is 11. The Morgan fingerprint density at radius 1 is 1.00 bits per heavy atom. The van der Waals surface area contributed by atoms with Crippen LogP contribution in [0.25, 0.3) is 17.0 Å². The minimum Gasteiger partial charge on any atom is -0.493 e. The van der Waals surface area contributed by atoms with Gasteiger partial charge in [-0.3, -0.25) is 9.36 Å². The number of methoxy groups -OCH3 is 1. The van der Waals surface area contributed by atoms with E-state index < -0.39 is 12.0 Å². The third-order valence-electron chi connectivity index (χ3n) is 8.32. The molecule has 3 heterocycles. The number of hydrogen-bond acceptors (Lipinski definition) is 7. The minimum atomic E-state index is -0.802. The summed E-state index contributed by atoms with van der Waals surface area (Å²) in [5, 5.41) is 2.01. The largest absolute Gasteiger partial charge is 0.493 e. The van der Waals surface area contributed by atoms with Gasteiger partial charge in [-0.2, -0.15) is 0 Å². The molecule has 0 fully saturated rings. The molecule has 0 aliphatic carbocycles. The molecule has 8 nitrogen and oxygen atoms in total. The number of fused-ring (bicyclic) bond motifs is 2. The topological polar surface area (TPSA) is 84.1 Å². The second kappa shape index (κ2) is 14.5.